The molecule has 0 bridgehead atoms. The van der Waals surface area contributed by atoms with Crippen molar-refractivity contribution in [3.05, 3.63) is 300 Å². The van der Waals surface area contributed by atoms with Crippen LogP contribution in [0.4, 0.5) is 11.4 Å². The zero-order valence-corrected chi connectivity index (χ0v) is 65.7. The van der Waals surface area contributed by atoms with E-state index < -0.39 is 9.84 Å². The van der Waals surface area contributed by atoms with Crippen LogP contribution < -0.4 is 114 Å². The van der Waals surface area contributed by atoms with E-state index in [4.69, 9.17) is 31.1 Å². The number of fused-ring (bicyclic) bond motifs is 4. The molecule has 0 aliphatic carbocycles. The minimum Gasteiger partial charge on any atom is -1.00 e. The Labute approximate surface area is 691 Å². The van der Waals surface area contributed by atoms with Gasteiger partial charge in [0.05, 0.1) is 82.1 Å². The third-order valence-electron chi connectivity index (χ3n) is 13.2. The van der Waals surface area contributed by atoms with Gasteiger partial charge in [0.15, 0.2) is 38.7 Å². The van der Waals surface area contributed by atoms with E-state index in [2.05, 4.69) is 97.8 Å². The number of carbonyl (C=O) groups excluding carboxylic acids is 2. The second-order valence-electron chi connectivity index (χ2n) is 20.6. The number of nitrogens with two attached hydrogens (primary N) is 1. The maximum absolute atomic E-state index is 11.4. The van der Waals surface area contributed by atoms with Crippen LogP contribution >= 0.6 is 15.9 Å². The molecule has 104 heavy (non-hydrogen) atoms. The van der Waals surface area contributed by atoms with Crippen molar-refractivity contribution in [2.45, 2.75) is 32.6 Å². The first-order valence-electron chi connectivity index (χ1n) is 30.1. The van der Waals surface area contributed by atoms with Gasteiger partial charge in [-0.1, -0.05) is 96.6 Å². The van der Waals surface area contributed by atoms with Crippen molar-refractivity contribution in [1.29, 1.82) is 5.41 Å². The number of nitrogens with one attached hydrogen (secondary N) is 1. The molecule has 12 heterocycles. The fourth-order valence-electron chi connectivity index (χ4n) is 8.55. The topological polar surface area (TPSA) is 390 Å². The Balaban J connectivity index is 0.000000258. The predicted octanol–water partition coefficient (Wildman–Crippen LogP) is 4.26. The number of hydrogen-bond acceptors (Lipinski definition) is 23. The molecule has 0 spiro atoms. The van der Waals surface area contributed by atoms with Gasteiger partial charge in [0, 0.05) is 27.8 Å². The molecule has 0 amide bonds. The number of halogens is 1. The van der Waals surface area contributed by atoms with Gasteiger partial charge in [-0.3, -0.25) is 49.3 Å². The minimum absolute atomic E-state index is 0. The summed E-state index contributed by atoms with van der Waals surface area (Å²) in [5, 5.41) is 39.4. The van der Waals surface area contributed by atoms with Gasteiger partial charge in [-0.05, 0) is 159 Å². The van der Waals surface area contributed by atoms with Gasteiger partial charge in [0.25, 0.3) is 12.9 Å². The summed E-state index contributed by atoms with van der Waals surface area (Å²) in [5.41, 5.74) is 20.8. The van der Waals surface area contributed by atoms with Crippen LogP contribution in [0.1, 0.15) is 51.4 Å². The van der Waals surface area contributed by atoms with E-state index in [1.807, 2.05) is 209 Å². The number of benzene rings is 3. The maximum atomic E-state index is 11.4. The number of rotatable bonds is 11. The molecule has 518 valence electrons. The largest absolute Gasteiger partial charge is 1.00 e. The van der Waals surface area contributed by atoms with Gasteiger partial charge in [0.1, 0.15) is 36.9 Å². The van der Waals surface area contributed by atoms with Crippen molar-refractivity contribution in [2.24, 2.45) is 9.98 Å². The summed E-state index contributed by atoms with van der Waals surface area (Å²) in [7, 11) is -3.26. The van der Waals surface area contributed by atoms with Crippen molar-refractivity contribution in [1.82, 2.24) is 82.9 Å². The summed E-state index contributed by atoms with van der Waals surface area (Å²) < 4.78 is 32.6. The Morgan fingerprint density at radius 3 is 1.59 bits per heavy atom. The Morgan fingerprint density at radius 2 is 1.08 bits per heavy atom. The molecule has 0 fully saturated rings. The molecule has 3 aromatic carbocycles. The van der Waals surface area contributed by atoms with Crippen molar-refractivity contribution in [3.63, 3.8) is 0 Å². The van der Waals surface area contributed by atoms with Crippen molar-refractivity contribution in [3.8, 4) is 17.1 Å². The summed E-state index contributed by atoms with van der Waals surface area (Å²) in [6.07, 6.45) is 19.5. The van der Waals surface area contributed by atoms with Crippen LogP contribution in [0.3, 0.4) is 0 Å². The average molecular weight is 1530 g/mol. The third kappa shape index (κ3) is 27.6. The summed E-state index contributed by atoms with van der Waals surface area (Å²) in [5.74, 6) is -0.254. The number of anilines is 1. The smallest absolute Gasteiger partial charge is 1.00 e. The molecule has 29 nitrogen and oxygen atoms in total. The van der Waals surface area contributed by atoms with Gasteiger partial charge in [0.2, 0.25) is 0 Å². The molecule has 0 aliphatic rings. The van der Waals surface area contributed by atoms with Gasteiger partial charge >= 0.3 is 103 Å². The maximum Gasteiger partial charge on any atom is 1.00 e. The molecule has 0 unspecified atom stereocenters. The normalized spacial score (nSPS) is 10.0. The number of hydrogen-bond donors (Lipinski definition) is 3. The number of aromatic nitrogens is 17. The molecule has 12 aromatic heterocycles. The quantitative estimate of drug-likeness (QED) is 0.0535. The van der Waals surface area contributed by atoms with Gasteiger partial charge in [-0.25, -0.2) is 51.4 Å². The summed E-state index contributed by atoms with van der Waals surface area (Å²) in [6, 6.07) is 58.5. The Morgan fingerprint density at radius 1 is 0.606 bits per heavy atom. The fourth-order valence-corrected chi connectivity index (χ4v) is 9.82. The van der Waals surface area contributed by atoms with Crippen LogP contribution in [0.2, 0.25) is 0 Å². The van der Waals surface area contributed by atoms with Crippen LogP contribution in [0.5, 0.6) is 0 Å². The van der Waals surface area contributed by atoms with Crippen LogP contribution in [-0.2, 0) is 24.3 Å². The van der Waals surface area contributed by atoms with Crippen LogP contribution in [0, 0.1) is 33.1 Å². The van der Waals surface area contributed by atoms with Crippen molar-refractivity contribution in [2.75, 3.05) is 11.6 Å². The second kappa shape index (κ2) is 45.1. The monoisotopic (exact) mass is 1530 g/mol. The first kappa shape index (κ1) is 84.5. The Hall–Kier alpha value is -10.1. The molecule has 0 saturated heterocycles. The average Bonchev–Trinajstić information content (AvgIpc) is 1.68. The number of nitrogens with zero attached hydrogens (tertiary/aromatic N) is 19. The molecule has 0 aliphatic heterocycles. The summed E-state index contributed by atoms with van der Waals surface area (Å²) in [4.78, 5) is 71.0. The van der Waals surface area contributed by atoms with E-state index in [1.165, 1.54) is 25.3 Å². The van der Waals surface area contributed by atoms with Crippen molar-refractivity contribution >= 4 is 97.6 Å². The molecular weight excluding hydrogens is 1470 g/mol. The molecule has 33 heteroatoms. The van der Waals surface area contributed by atoms with E-state index in [1.54, 1.807) is 73.2 Å². The zero-order valence-electron chi connectivity index (χ0n) is 58.1. The van der Waals surface area contributed by atoms with E-state index in [0.717, 1.165) is 95.6 Å². The first-order chi connectivity index (χ1) is 49.4. The number of imidazole rings is 1. The molecular formula is C71H66BrK2N21O8S. The number of aryl methyl sites for hydroxylation is 4. The summed E-state index contributed by atoms with van der Waals surface area (Å²) >= 11 is 3.33. The Kier molecular flexibility index (Phi) is 36.6. The van der Waals surface area contributed by atoms with Crippen LogP contribution in [0.15, 0.2) is 270 Å². The molecule has 0 radical (unpaired) electrons. The second-order valence-corrected chi connectivity index (χ2v) is 23.5. The molecule has 15 rings (SSSR count). The number of nitrogen functional groups attached to an aromatic ring is 1. The van der Waals surface area contributed by atoms with Gasteiger partial charge in [-0.15, -0.1) is 0 Å². The minimum atomic E-state index is -3.26. The predicted molar refractivity (Wildman–Crippen MR) is 388 cm³/mol. The number of pyridine rings is 7. The molecule has 0 atom stereocenters. The number of aldehydes is 1. The fraction of sp³-hybridized carbons (Fsp3) is 0.0704. The van der Waals surface area contributed by atoms with Crippen LogP contribution in [0.25, 0.3) is 39.7 Å². The number of carbonyl (C=O) groups is 3. The first-order valence-corrected chi connectivity index (χ1v) is 32.5. The Bertz CT molecular complexity index is 5190. The van der Waals surface area contributed by atoms with E-state index in [9.17, 15) is 13.2 Å². The third-order valence-corrected chi connectivity index (χ3v) is 15.2. The van der Waals surface area contributed by atoms with Gasteiger partial charge < -0.3 is 22.4 Å². The van der Waals surface area contributed by atoms with E-state index in [0.29, 0.717) is 22.0 Å². The zero-order chi connectivity index (χ0) is 73.1. The van der Waals surface area contributed by atoms with E-state index >= 15 is 0 Å². The number of sulfone groups is 1. The van der Waals surface area contributed by atoms with Gasteiger partial charge in [-0.2, -0.15) is 20.4 Å². The SMILES string of the molecule is Brc1ccc2ncnn2c1.C=NCS(=O)(=O)c1ccc(C)cc1.Cc1cccc(-c2cncn2-c2ccc3ncnn3c2)n1.Cc1cccc(C=Nc2ccc3ncnn3c2)n1.Cc1cccc(C=O)n1.N=C(c1ccccc1)c1ccccc1.Nc1ccc2ncnn2c1.O=CO.O=CO[O-].[H-].[K+].[K+]. The number of carboxylic acid groups (broad SMARTS) is 1. The van der Waals surface area contributed by atoms with E-state index in [-0.39, 0.29) is 123 Å². The van der Waals surface area contributed by atoms with Crippen molar-refractivity contribution < 1.29 is 142 Å². The molecule has 15 aromatic rings. The molecule has 0 saturated carbocycles. The van der Waals surface area contributed by atoms with Crippen LogP contribution in [-0.4, -0.2) is 140 Å². The molecule has 4 N–H and O–H groups in total. The summed E-state index contributed by atoms with van der Waals surface area (Å²) in [6.45, 7) is 10.4. The standard InChI is InChI=1S/C15H12N6.C13H11N5.C13H11N.C9H11NO2S.C7H7NO.C6H4BrN3.C6H6N4.CH2O3.CH2O2.2K.H/c1-11-3-2-4-13(19-11)14-7-16-10-20(14)12-5-6-15-17-9-18-21(15)8-12;1-10-3-2-4-11(17-10)7-14-12-5-6-13-15-9-16-18(13)8-12;14-13(11-7-3-1-4-8-11)12-9-5-2-6-10-12;1-8-3-5-9(6-4-8)13(11,12)7-10-2;1-6-3-2-4-7(5-9)8-6;2*7-5-1-2-6-8-4-9-10(6)3-5;2-1-4-3;2-1-3;;;/h2-10H,1H3;2-9H,1H3;1-10,14H;3-6H,2,7H2,1H3;2-5H,1H3;1-4H;1-4H,7H2;1,3H;1H,(H,2,3);;;/q;;;;;;;;;2*+1;-1/p-1. The number of aliphatic imine (C=N–C) groups is 2.